The summed E-state index contributed by atoms with van der Waals surface area (Å²) in [6.45, 7) is 8.23. The summed E-state index contributed by atoms with van der Waals surface area (Å²) in [7, 11) is 4.86. The van der Waals surface area contributed by atoms with E-state index in [1.54, 1.807) is 39.5 Å². The fraction of sp³-hybridized carbons (Fsp3) is 0.458. The summed E-state index contributed by atoms with van der Waals surface area (Å²) >= 11 is 0. The molecule has 30 heavy (non-hydrogen) atoms. The number of amides is 1. The standard InChI is InChI=1S/C24H32N2O4/c1-15-16(2)23(30-6)8-7-22(15)17(3)26-10-9-19(14-26)25-24(27)18-11-20(28-4)13-21(12-18)29-5/h7-8,11-13,17,19H,9-10,14H2,1-6H3,(H,25,27)/t17?,19-/m1/s1. The molecular formula is C24H32N2O4. The van der Waals surface area contributed by atoms with E-state index in [9.17, 15) is 4.79 Å². The van der Waals surface area contributed by atoms with Crippen LogP contribution in [0, 0.1) is 13.8 Å². The molecule has 3 rings (SSSR count). The molecule has 162 valence electrons. The van der Waals surface area contributed by atoms with Gasteiger partial charge in [-0.25, -0.2) is 0 Å². The van der Waals surface area contributed by atoms with Crippen molar-refractivity contribution in [1.82, 2.24) is 10.2 Å². The van der Waals surface area contributed by atoms with Crippen LogP contribution in [0.3, 0.4) is 0 Å². The van der Waals surface area contributed by atoms with Crippen LogP contribution in [-0.4, -0.2) is 51.3 Å². The Labute approximate surface area is 179 Å². The van der Waals surface area contributed by atoms with Crippen molar-refractivity contribution in [2.24, 2.45) is 0 Å². The van der Waals surface area contributed by atoms with Gasteiger partial charge in [-0.05, 0) is 62.1 Å². The molecule has 1 aliphatic rings. The summed E-state index contributed by atoms with van der Waals surface area (Å²) in [5, 5.41) is 3.17. The molecule has 2 aromatic rings. The van der Waals surface area contributed by atoms with E-state index < -0.39 is 0 Å². The number of ether oxygens (including phenoxy) is 3. The summed E-state index contributed by atoms with van der Waals surface area (Å²) in [4.78, 5) is 15.2. The summed E-state index contributed by atoms with van der Waals surface area (Å²) < 4.78 is 16.0. The van der Waals surface area contributed by atoms with Gasteiger partial charge < -0.3 is 19.5 Å². The molecule has 2 atom stereocenters. The fourth-order valence-corrected chi connectivity index (χ4v) is 4.15. The largest absolute Gasteiger partial charge is 0.497 e. The summed E-state index contributed by atoms with van der Waals surface area (Å²) in [6, 6.07) is 9.80. The summed E-state index contributed by atoms with van der Waals surface area (Å²) in [6.07, 6.45) is 0.922. The minimum absolute atomic E-state index is 0.108. The van der Waals surface area contributed by atoms with Crippen LogP contribution >= 0.6 is 0 Å². The lowest BCUT2D eigenvalue weighted by atomic mass is 9.97. The number of likely N-dealkylation sites (tertiary alicyclic amines) is 1. The molecular weight excluding hydrogens is 380 g/mol. The van der Waals surface area contributed by atoms with Gasteiger partial charge in [0.05, 0.1) is 21.3 Å². The maximum absolute atomic E-state index is 12.8. The van der Waals surface area contributed by atoms with Crippen LogP contribution < -0.4 is 19.5 Å². The lowest BCUT2D eigenvalue weighted by molar-refractivity contribution is 0.0935. The van der Waals surface area contributed by atoms with Crippen molar-refractivity contribution in [1.29, 1.82) is 0 Å². The number of hydrogen-bond donors (Lipinski definition) is 1. The average Bonchev–Trinajstić information content (AvgIpc) is 3.23. The molecule has 1 N–H and O–H groups in total. The molecule has 0 aliphatic carbocycles. The van der Waals surface area contributed by atoms with E-state index in [1.807, 2.05) is 6.07 Å². The van der Waals surface area contributed by atoms with Crippen LogP contribution in [0.1, 0.15) is 46.4 Å². The molecule has 0 bridgehead atoms. The van der Waals surface area contributed by atoms with Crippen molar-refractivity contribution in [2.45, 2.75) is 39.3 Å². The zero-order valence-electron chi connectivity index (χ0n) is 18.7. The molecule has 0 spiro atoms. The number of carbonyl (C=O) groups excluding carboxylic acids is 1. The minimum Gasteiger partial charge on any atom is -0.497 e. The first-order chi connectivity index (χ1) is 14.4. The van der Waals surface area contributed by atoms with Gasteiger partial charge in [-0.1, -0.05) is 6.07 Å². The van der Waals surface area contributed by atoms with E-state index >= 15 is 0 Å². The number of hydrogen-bond acceptors (Lipinski definition) is 5. The van der Waals surface area contributed by atoms with Crippen molar-refractivity contribution in [2.75, 3.05) is 34.4 Å². The second-order valence-corrected chi connectivity index (χ2v) is 7.84. The van der Waals surface area contributed by atoms with E-state index in [2.05, 4.69) is 37.1 Å². The maximum atomic E-state index is 12.8. The van der Waals surface area contributed by atoms with Crippen molar-refractivity contribution < 1.29 is 19.0 Å². The first-order valence-electron chi connectivity index (χ1n) is 10.3. The maximum Gasteiger partial charge on any atom is 0.251 e. The number of carbonyl (C=O) groups is 1. The highest BCUT2D eigenvalue weighted by atomic mass is 16.5. The van der Waals surface area contributed by atoms with Crippen molar-refractivity contribution in [3.8, 4) is 17.2 Å². The van der Waals surface area contributed by atoms with E-state index in [-0.39, 0.29) is 18.0 Å². The van der Waals surface area contributed by atoms with Crippen LogP contribution in [0.4, 0.5) is 0 Å². The van der Waals surface area contributed by atoms with Gasteiger partial charge in [0.2, 0.25) is 0 Å². The third kappa shape index (κ3) is 4.54. The fourth-order valence-electron chi connectivity index (χ4n) is 4.15. The molecule has 1 fully saturated rings. The second-order valence-electron chi connectivity index (χ2n) is 7.84. The number of nitrogens with zero attached hydrogens (tertiary/aromatic N) is 1. The van der Waals surface area contributed by atoms with Crippen LogP contribution in [0.2, 0.25) is 0 Å². The predicted octanol–water partition coefficient (Wildman–Crippen LogP) is 3.89. The molecule has 1 saturated heterocycles. The lowest BCUT2D eigenvalue weighted by Gasteiger charge is -2.27. The Morgan fingerprint density at radius 3 is 2.30 bits per heavy atom. The Bertz CT molecular complexity index is 890. The summed E-state index contributed by atoms with van der Waals surface area (Å²) in [5.74, 6) is 2.02. The zero-order chi connectivity index (χ0) is 21.8. The van der Waals surface area contributed by atoms with Gasteiger partial charge in [0.15, 0.2) is 0 Å². The molecule has 1 aliphatic heterocycles. The molecule has 1 heterocycles. The second kappa shape index (κ2) is 9.39. The van der Waals surface area contributed by atoms with E-state index in [1.165, 1.54) is 16.7 Å². The van der Waals surface area contributed by atoms with Crippen LogP contribution in [-0.2, 0) is 0 Å². The minimum atomic E-state index is -0.108. The predicted molar refractivity (Wildman–Crippen MR) is 118 cm³/mol. The Morgan fingerprint density at radius 2 is 1.70 bits per heavy atom. The Balaban J connectivity index is 1.67. The molecule has 0 radical (unpaired) electrons. The summed E-state index contributed by atoms with van der Waals surface area (Å²) in [5.41, 5.74) is 4.29. The highest BCUT2D eigenvalue weighted by Gasteiger charge is 2.29. The lowest BCUT2D eigenvalue weighted by Crippen LogP contribution is -2.37. The molecule has 0 saturated carbocycles. The number of methoxy groups -OCH3 is 3. The smallest absolute Gasteiger partial charge is 0.251 e. The van der Waals surface area contributed by atoms with Crippen molar-refractivity contribution in [3.05, 3.63) is 52.6 Å². The number of benzene rings is 2. The molecule has 0 aromatic heterocycles. The van der Waals surface area contributed by atoms with Gasteiger partial charge in [0.1, 0.15) is 17.2 Å². The van der Waals surface area contributed by atoms with Gasteiger partial charge in [-0.3, -0.25) is 9.69 Å². The SMILES string of the molecule is COc1cc(OC)cc(C(=O)N[C@@H]2CCN(C(C)c3ccc(OC)c(C)c3C)C2)c1. The van der Waals surface area contributed by atoms with Crippen LogP contribution in [0.15, 0.2) is 30.3 Å². The quantitative estimate of drug-likeness (QED) is 0.748. The number of rotatable bonds is 7. The first kappa shape index (κ1) is 22.0. The monoisotopic (exact) mass is 412 g/mol. The topological polar surface area (TPSA) is 60.0 Å². The third-order valence-electron chi connectivity index (χ3n) is 6.17. The Hall–Kier alpha value is -2.73. The molecule has 6 heteroatoms. The highest BCUT2D eigenvalue weighted by Crippen LogP contribution is 2.32. The average molecular weight is 413 g/mol. The van der Waals surface area contributed by atoms with Gasteiger partial charge in [-0.2, -0.15) is 0 Å². The first-order valence-corrected chi connectivity index (χ1v) is 10.3. The third-order valence-corrected chi connectivity index (χ3v) is 6.17. The van der Waals surface area contributed by atoms with Crippen LogP contribution in [0.5, 0.6) is 17.2 Å². The van der Waals surface area contributed by atoms with Gasteiger partial charge in [-0.15, -0.1) is 0 Å². The zero-order valence-corrected chi connectivity index (χ0v) is 18.7. The Kier molecular flexibility index (Phi) is 6.87. The van der Waals surface area contributed by atoms with Crippen molar-refractivity contribution in [3.63, 3.8) is 0 Å². The van der Waals surface area contributed by atoms with Gasteiger partial charge in [0.25, 0.3) is 5.91 Å². The number of nitrogens with one attached hydrogen (secondary N) is 1. The van der Waals surface area contributed by atoms with E-state index in [0.717, 1.165) is 25.3 Å². The molecule has 2 aromatic carbocycles. The Morgan fingerprint density at radius 1 is 1.03 bits per heavy atom. The molecule has 1 amide bonds. The van der Waals surface area contributed by atoms with E-state index in [0.29, 0.717) is 17.1 Å². The van der Waals surface area contributed by atoms with Crippen LogP contribution in [0.25, 0.3) is 0 Å². The normalized spacial score (nSPS) is 17.5. The molecule has 1 unspecified atom stereocenters. The van der Waals surface area contributed by atoms with Gasteiger partial charge >= 0.3 is 0 Å². The van der Waals surface area contributed by atoms with E-state index in [4.69, 9.17) is 14.2 Å². The highest BCUT2D eigenvalue weighted by molar-refractivity contribution is 5.95. The van der Waals surface area contributed by atoms with Crippen molar-refractivity contribution >= 4 is 5.91 Å². The van der Waals surface area contributed by atoms with Gasteiger partial charge in [0, 0.05) is 36.8 Å². The molecule has 6 nitrogen and oxygen atoms in total.